The lowest BCUT2D eigenvalue weighted by Gasteiger charge is -2.28. The largest absolute Gasteiger partial charge is 0.404 e. The maximum Gasteiger partial charge on any atom is 0.404 e. The Bertz CT molecular complexity index is 905. The van der Waals surface area contributed by atoms with Gasteiger partial charge in [0.1, 0.15) is 6.04 Å². The molecule has 3 rings (SSSR count). The zero-order valence-corrected chi connectivity index (χ0v) is 18.0. The van der Waals surface area contributed by atoms with E-state index >= 15 is 0 Å². The molecule has 160 valence electrons. The van der Waals surface area contributed by atoms with Crippen LogP contribution in [0.5, 0.6) is 0 Å². The highest BCUT2D eigenvalue weighted by Gasteiger charge is 2.40. The highest BCUT2D eigenvalue weighted by Crippen LogP contribution is 2.41. The second kappa shape index (κ2) is 9.27. The minimum Gasteiger partial charge on any atom is -0.354 e. The van der Waals surface area contributed by atoms with E-state index in [4.69, 9.17) is 0 Å². The molecule has 3 nitrogen and oxygen atoms in total. The van der Waals surface area contributed by atoms with E-state index in [2.05, 4.69) is 41.7 Å². The molecule has 1 N–H and O–H groups in total. The number of anilines is 1. The topological polar surface area (TPSA) is 28.2 Å². The van der Waals surface area contributed by atoms with Crippen molar-refractivity contribution >= 4 is 23.3 Å². The van der Waals surface area contributed by atoms with Gasteiger partial charge in [-0.2, -0.15) is 13.2 Å². The number of halogens is 3. The molecule has 1 aromatic carbocycles. The summed E-state index contributed by atoms with van der Waals surface area (Å²) >= 11 is 1.02. The number of alkyl halides is 3. The lowest BCUT2D eigenvalue weighted by molar-refractivity contribution is -0.164. The average molecular weight is 434 g/mol. The summed E-state index contributed by atoms with van der Waals surface area (Å²) in [6.07, 6.45) is 1.19. The van der Waals surface area contributed by atoms with Crippen molar-refractivity contribution in [1.82, 2.24) is 9.29 Å². The molecule has 1 saturated carbocycles. The van der Waals surface area contributed by atoms with Crippen molar-refractivity contribution in [3.63, 3.8) is 0 Å². The Hall–Kier alpha value is -2.25. The van der Waals surface area contributed by atoms with Gasteiger partial charge in [-0.15, -0.1) is 6.58 Å². The molecule has 0 spiro atoms. The third-order valence-corrected chi connectivity index (χ3v) is 6.23. The van der Waals surface area contributed by atoms with Crippen LogP contribution in [-0.4, -0.2) is 28.1 Å². The molecule has 7 heteroatoms. The number of aromatic nitrogens is 1. The first-order chi connectivity index (χ1) is 14.2. The van der Waals surface area contributed by atoms with Gasteiger partial charge in [0.15, 0.2) is 0 Å². The predicted molar refractivity (Wildman–Crippen MR) is 118 cm³/mol. The molecular formula is C23H26F3N3S. The summed E-state index contributed by atoms with van der Waals surface area (Å²) in [6, 6.07) is 8.36. The monoisotopic (exact) mass is 433 g/mol. The molecule has 1 atom stereocenters. The Morgan fingerprint density at radius 3 is 2.63 bits per heavy atom. The van der Waals surface area contributed by atoms with Gasteiger partial charge >= 0.3 is 6.18 Å². The molecule has 0 amide bonds. The number of hydrogen-bond donors (Lipinski definition) is 1. The average Bonchev–Trinajstić information content (AvgIpc) is 3.54. The maximum absolute atomic E-state index is 13.1. The summed E-state index contributed by atoms with van der Waals surface area (Å²) in [5.74, 6) is 0.659. The van der Waals surface area contributed by atoms with Crippen molar-refractivity contribution in [1.29, 1.82) is 0 Å². The van der Waals surface area contributed by atoms with Gasteiger partial charge in [0.05, 0.1) is 11.4 Å². The molecular weight excluding hydrogens is 407 g/mol. The van der Waals surface area contributed by atoms with Crippen LogP contribution in [0.3, 0.4) is 0 Å². The van der Waals surface area contributed by atoms with E-state index in [-0.39, 0.29) is 6.54 Å². The lowest BCUT2D eigenvalue weighted by atomic mass is 10.1. The van der Waals surface area contributed by atoms with E-state index in [1.54, 1.807) is 18.3 Å². The molecule has 0 saturated heterocycles. The Morgan fingerprint density at radius 1 is 1.33 bits per heavy atom. The third-order valence-electron chi connectivity index (χ3n) is 5.08. The predicted octanol–water partition coefficient (Wildman–Crippen LogP) is 6.80. The van der Waals surface area contributed by atoms with Crippen LogP contribution in [0.4, 0.5) is 18.9 Å². The molecule has 1 fully saturated rings. The van der Waals surface area contributed by atoms with Crippen molar-refractivity contribution in [3.8, 4) is 0 Å². The fraction of sp³-hybridized carbons (Fsp3) is 0.348. The van der Waals surface area contributed by atoms with Gasteiger partial charge in [0.2, 0.25) is 0 Å². The van der Waals surface area contributed by atoms with Gasteiger partial charge in [-0.25, -0.2) is 4.31 Å². The van der Waals surface area contributed by atoms with Crippen molar-refractivity contribution in [3.05, 3.63) is 72.6 Å². The number of aryl methyl sites for hydroxylation is 1. The standard InChI is InChI=1S/C23H26F3N3S/c1-5-12-29(17(4)23(24,25)26)30-20-10-11-21(27-14-20)16(3)28-22-13-19(18-8-9-18)7-6-15(22)2/h5-7,10-11,13-14,17-18,28H,1,3,8-9,12H2,2,4H3/t17-/m0/s1. The Morgan fingerprint density at radius 2 is 2.07 bits per heavy atom. The third kappa shape index (κ3) is 5.67. The first kappa shape index (κ1) is 22.4. The summed E-state index contributed by atoms with van der Waals surface area (Å²) < 4.78 is 40.5. The highest BCUT2D eigenvalue weighted by molar-refractivity contribution is 7.97. The summed E-state index contributed by atoms with van der Waals surface area (Å²) in [5, 5.41) is 3.33. The maximum atomic E-state index is 13.1. The fourth-order valence-corrected chi connectivity index (χ4v) is 3.94. The number of pyridine rings is 1. The smallest absolute Gasteiger partial charge is 0.354 e. The molecule has 1 heterocycles. The van der Waals surface area contributed by atoms with E-state index in [0.717, 1.165) is 30.1 Å². The van der Waals surface area contributed by atoms with E-state index in [9.17, 15) is 13.2 Å². The van der Waals surface area contributed by atoms with Crippen LogP contribution in [0.15, 0.2) is 60.7 Å². The Kier molecular flexibility index (Phi) is 6.93. The minimum atomic E-state index is -4.31. The minimum absolute atomic E-state index is 0.109. The summed E-state index contributed by atoms with van der Waals surface area (Å²) in [4.78, 5) is 5.01. The number of hydrogen-bond acceptors (Lipinski definition) is 4. The van der Waals surface area contributed by atoms with Crippen molar-refractivity contribution in [2.24, 2.45) is 0 Å². The molecule has 0 radical (unpaired) electrons. The second-order valence-electron chi connectivity index (χ2n) is 7.53. The molecule has 0 unspecified atom stereocenters. The van der Waals surface area contributed by atoms with Gasteiger partial charge in [0, 0.05) is 23.3 Å². The van der Waals surface area contributed by atoms with Crippen LogP contribution in [0, 0.1) is 6.92 Å². The van der Waals surface area contributed by atoms with Gasteiger partial charge in [-0.1, -0.05) is 24.8 Å². The SMILES string of the molecule is C=CCN(Sc1ccc(C(=C)Nc2cc(C3CC3)ccc2C)nc1)[C@@H](C)C(F)(F)F. The summed E-state index contributed by atoms with van der Waals surface area (Å²) in [5.41, 5.74) is 4.75. The Balaban J connectivity index is 1.68. The number of nitrogens with zero attached hydrogens (tertiary/aromatic N) is 2. The van der Waals surface area contributed by atoms with E-state index in [1.807, 2.05) is 6.92 Å². The van der Waals surface area contributed by atoms with Crippen LogP contribution in [0.1, 0.15) is 42.5 Å². The molecule has 0 aliphatic heterocycles. The van der Waals surface area contributed by atoms with Gasteiger partial charge in [-0.3, -0.25) is 4.98 Å². The number of benzene rings is 1. The van der Waals surface area contributed by atoms with Crippen LogP contribution in [0.2, 0.25) is 0 Å². The van der Waals surface area contributed by atoms with E-state index in [0.29, 0.717) is 22.2 Å². The van der Waals surface area contributed by atoms with Gasteiger partial charge in [-0.05, 0) is 73.9 Å². The van der Waals surface area contributed by atoms with Gasteiger partial charge in [0.25, 0.3) is 0 Å². The highest BCUT2D eigenvalue weighted by atomic mass is 32.2. The van der Waals surface area contributed by atoms with E-state index in [1.165, 1.54) is 28.8 Å². The van der Waals surface area contributed by atoms with E-state index < -0.39 is 12.2 Å². The fourth-order valence-electron chi connectivity index (χ4n) is 2.98. The number of nitrogens with one attached hydrogen (secondary N) is 1. The van der Waals surface area contributed by atoms with Crippen LogP contribution >= 0.6 is 11.9 Å². The van der Waals surface area contributed by atoms with Crippen LogP contribution < -0.4 is 5.32 Å². The van der Waals surface area contributed by atoms with Crippen molar-refractivity contribution < 1.29 is 13.2 Å². The molecule has 2 aromatic rings. The quantitative estimate of drug-likeness (QED) is 0.348. The molecule has 1 aliphatic rings. The summed E-state index contributed by atoms with van der Waals surface area (Å²) in [6.45, 7) is 10.9. The molecule has 30 heavy (non-hydrogen) atoms. The molecule has 1 aliphatic carbocycles. The van der Waals surface area contributed by atoms with Gasteiger partial charge < -0.3 is 5.32 Å². The lowest BCUT2D eigenvalue weighted by Crippen LogP contribution is -2.39. The van der Waals surface area contributed by atoms with Crippen LogP contribution in [0.25, 0.3) is 5.70 Å². The Labute approximate surface area is 180 Å². The normalized spacial score (nSPS) is 15.1. The first-order valence-corrected chi connectivity index (χ1v) is 10.6. The zero-order valence-electron chi connectivity index (χ0n) is 17.2. The zero-order chi connectivity index (χ0) is 21.9. The summed E-state index contributed by atoms with van der Waals surface area (Å²) in [7, 11) is 0. The molecule has 1 aromatic heterocycles. The first-order valence-electron chi connectivity index (χ1n) is 9.84. The van der Waals surface area contributed by atoms with Crippen molar-refractivity contribution in [2.75, 3.05) is 11.9 Å². The second-order valence-corrected chi connectivity index (χ2v) is 8.65. The molecule has 0 bridgehead atoms. The van der Waals surface area contributed by atoms with Crippen molar-refractivity contribution in [2.45, 2.75) is 49.7 Å². The number of rotatable bonds is 9. The van der Waals surface area contributed by atoms with Crippen LogP contribution in [-0.2, 0) is 0 Å².